The van der Waals surface area contributed by atoms with Gasteiger partial charge in [0, 0.05) is 41.2 Å². The summed E-state index contributed by atoms with van der Waals surface area (Å²) in [4.78, 5) is 26.9. The van der Waals surface area contributed by atoms with Crippen molar-refractivity contribution in [1.29, 1.82) is 0 Å². The van der Waals surface area contributed by atoms with Gasteiger partial charge in [-0.05, 0) is 61.2 Å². The average molecular weight is 442 g/mol. The van der Waals surface area contributed by atoms with Gasteiger partial charge in [0.1, 0.15) is 23.3 Å². The first kappa shape index (κ1) is 21.5. The number of hydrogen-bond donors (Lipinski definition) is 1. The molecule has 0 atom stereocenters. The van der Waals surface area contributed by atoms with Crippen LogP contribution in [0.5, 0.6) is 0 Å². The molecule has 0 radical (unpaired) electrons. The molecule has 1 aliphatic rings. The summed E-state index contributed by atoms with van der Waals surface area (Å²) in [5.74, 6) is -4.52. The third-order valence-corrected chi connectivity index (χ3v) is 5.03. The van der Waals surface area contributed by atoms with E-state index in [1.807, 2.05) is 0 Å². The van der Waals surface area contributed by atoms with Crippen molar-refractivity contribution in [3.05, 3.63) is 95.1 Å². The number of carbonyl (C=O) groups excluding carboxylic acids is 2. The molecule has 1 N–H and O–H groups in total. The minimum atomic E-state index is -0.882. The lowest BCUT2D eigenvalue weighted by atomic mass is 10.1. The maximum Gasteiger partial charge on any atom is 0.258 e. The van der Waals surface area contributed by atoms with E-state index in [9.17, 15) is 27.2 Å². The number of halogens is 4. The van der Waals surface area contributed by atoms with Crippen LogP contribution < -0.4 is 10.2 Å². The molecule has 0 heterocycles. The van der Waals surface area contributed by atoms with E-state index in [0.29, 0.717) is 24.4 Å². The molecule has 8 heteroatoms. The van der Waals surface area contributed by atoms with Crippen molar-refractivity contribution in [2.75, 3.05) is 16.8 Å². The highest BCUT2D eigenvalue weighted by molar-refractivity contribution is 6.07. The monoisotopic (exact) mass is 442 g/mol. The van der Waals surface area contributed by atoms with E-state index in [1.165, 1.54) is 11.0 Å². The number of amides is 2. The Kier molecular flexibility index (Phi) is 5.94. The van der Waals surface area contributed by atoms with E-state index in [1.54, 1.807) is 18.2 Å². The summed E-state index contributed by atoms with van der Waals surface area (Å²) in [5.41, 5.74) is 0.368. The third-order valence-electron chi connectivity index (χ3n) is 5.03. The molecule has 0 spiro atoms. The lowest BCUT2D eigenvalue weighted by molar-refractivity contribution is 0.0983. The van der Waals surface area contributed by atoms with Gasteiger partial charge in [-0.15, -0.1) is 0 Å². The normalized spacial score (nSPS) is 13.0. The van der Waals surface area contributed by atoms with Gasteiger partial charge in [0.25, 0.3) is 11.8 Å². The van der Waals surface area contributed by atoms with Gasteiger partial charge in [-0.1, -0.05) is 6.07 Å². The SMILES string of the molecule is O=C(Nc1cccc(N(CC2CC2)C(=O)c2cc(F)cc(F)c2)c1)c1cc(F)cc(F)c1. The molecule has 2 amide bonds. The quantitative estimate of drug-likeness (QED) is 0.509. The molecular formula is C24H18F4N2O2. The van der Waals surface area contributed by atoms with Crippen molar-refractivity contribution >= 4 is 23.2 Å². The Labute approximate surface area is 181 Å². The molecule has 1 fully saturated rings. The predicted molar refractivity (Wildman–Crippen MR) is 112 cm³/mol. The number of benzene rings is 3. The van der Waals surface area contributed by atoms with Crippen LogP contribution in [0.25, 0.3) is 0 Å². The summed E-state index contributed by atoms with van der Waals surface area (Å²) in [6, 6.07) is 11.4. The first-order chi connectivity index (χ1) is 15.3. The number of nitrogens with one attached hydrogen (secondary N) is 1. The van der Waals surface area contributed by atoms with Crippen molar-refractivity contribution in [2.45, 2.75) is 12.8 Å². The molecule has 0 saturated heterocycles. The second-order valence-corrected chi connectivity index (χ2v) is 7.68. The van der Waals surface area contributed by atoms with Gasteiger partial charge in [0.15, 0.2) is 0 Å². The van der Waals surface area contributed by atoms with Crippen LogP contribution in [0.3, 0.4) is 0 Å². The molecule has 0 aliphatic heterocycles. The van der Waals surface area contributed by atoms with E-state index in [2.05, 4.69) is 5.32 Å². The van der Waals surface area contributed by atoms with E-state index < -0.39 is 35.1 Å². The Hall–Kier alpha value is -3.68. The molecule has 0 unspecified atom stereocenters. The van der Waals surface area contributed by atoms with Crippen LogP contribution in [0, 0.1) is 29.2 Å². The Morgan fingerprint density at radius 2 is 1.38 bits per heavy atom. The molecule has 32 heavy (non-hydrogen) atoms. The van der Waals surface area contributed by atoms with E-state index in [4.69, 9.17) is 0 Å². The number of carbonyl (C=O) groups is 2. The molecule has 0 aromatic heterocycles. The minimum absolute atomic E-state index is 0.132. The molecule has 1 saturated carbocycles. The van der Waals surface area contributed by atoms with Gasteiger partial charge < -0.3 is 10.2 Å². The first-order valence-electron chi connectivity index (χ1n) is 9.94. The van der Waals surface area contributed by atoms with Crippen LogP contribution in [-0.4, -0.2) is 18.4 Å². The van der Waals surface area contributed by atoms with E-state index in [0.717, 1.165) is 37.1 Å². The lowest BCUT2D eigenvalue weighted by Crippen LogP contribution is -2.33. The van der Waals surface area contributed by atoms with Gasteiger partial charge in [0.2, 0.25) is 0 Å². The summed E-state index contributed by atoms with van der Waals surface area (Å²) in [6.45, 7) is 0.351. The average Bonchev–Trinajstić information content (AvgIpc) is 3.54. The smallest absolute Gasteiger partial charge is 0.258 e. The van der Waals surface area contributed by atoms with Crippen LogP contribution >= 0.6 is 0 Å². The fraction of sp³-hybridized carbons (Fsp3) is 0.167. The Morgan fingerprint density at radius 1 is 0.812 bits per heavy atom. The molecule has 3 aromatic rings. The summed E-state index contributed by atoms with van der Waals surface area (Å²) in [6.07, 6.45) is 1.87. The zero-order valence-corrected chi connectivity index (χ0v) is 16.7. The molecule has 0 bridgehead atoms. The molecule has 3 aromatic carbocycles. The minimum Gasteiger partial charge on any atom is -0.322 e. The maximum atomic E-state index is 13.6. The van der Waals surface area contributed by atoms with Crippen molar-refractivity contribution in [1.82, 2.24) is 0 Å². The Balaban J connectivity index is 1.60. The zero-order valence-electron chi connectivity index (χ0n) is 16.7. The van der Waals surface area contributed by atoms with Crippen LogP contribution in [0.1, 0.15) is 33.6 Å². The Morgan fingerprint density at radius 3 is 1.94 bits per heavy atom. The van der Waals surface area contributed by atoms with Crippen molar-refractivity contribution < 1.29 is 27.2 Å². The molecule has 164 valence electrons. The van der Waals surface area contributed by atoms with Crippen LogP contribution in [-0.2, 0) is 0 Å². The molecule has 4 rings (SSSR count). The van der Waals surface area contributed by atoms with Gasteiger partial charge in [-0.3, -0.25) is 9.59 Å². The van der Waals surface area contributed by atoms with Gasteiger partial charge in [-0.2, -0.15) is 0 Å². The summed E-state index contributed by atoms with van der Waals surface area (Å²) in [5, 5.41) is 2.54. The summed E-state index contributed by atoms with van der Waals surface area (Å²) >= 11 is 0. The first-order valence-corrected chi connectivity index (χ1v) is 9.94. The number of rotatable bonds is 6. The summed E-state index contributed by atoms with van der Waals surface area (Å²) < 4.78 is 54.1. The van der Waals surface area contributed by atoms with Crippen molar-refractivity contribution in [3.63, 3.8) is 0 Å². The van der Waals surface area contributed by atoms with Gasteiger partial charge in [-0.25, -0.2) is 17.6 Å². The van der Waals surface area contributed by atoms with Crippen LogP contribution in [0.4, 0.5) is 28.9 Å². The number of anilines is 2. The van der Waals surface area contributed by atoms with Crippen molar-refractivity contribution in [3.8, 4) is 0 Å². The standard InChI is InChI=1S/C24H18F4N2O2/c25-17-6-15(7-18(26)10-17)23(31)29-21-2-1-3-22(12-21)30(13-14-4-5-14)24(32)16-8-19(27)11-20(28)9-16/h1-3,6-12,14H,4-5,13H2,(H,29,31). The van der Waals surface area contributed by atoms with Crippen molar-refractivity contribution in [2.24, 2.45) is 5.92 Å². The van der Waals surface area contributed by atoms with Gasteiger partial charge in [0.05, 0.1) is 0 Å². The zero-order chi connectivity index (χ0) is 22.8. The van der Waals surface area contributed by atoms with E-state index in [-0.39, 0.29) is 22.7 Å². The lowest BCUT2D eigenvalue weighted by Gasteiger charge is -2.24. The fourth-order valence-electron chi connectivity index (χ4n) is 3.34. The largest absolute Gasteiger partial charge is 0.322 e. The predicted octanol–water partition coefficient (Wildman–Crippen LogP) is 5.55. The van der Waals surface area contributed by atoms with Crippen LogP contribution in [0.2, 0.25) is 0 Å². The molecule has 1 aliphatic carbocycles. The highest BCUT2D eigenvalue weighted by Crippen LogP contribution is 2.33. The number of hydrogen-bond acceptors (Lipinski definition) is 2. The van der Waals surface area contributed by atoms with E-state index >= 15 is 0 Å². The molecular weight excluding hydrogens is 424 g/mol. The highest BCUT2D eigenvalue weighted by Gasteiger charge is 2.29. The Bertz CT molecular complexity index is 1150. The number of nitrogens with zero attached hydrogens (tertiary/aromatic N) is 1. The third kappa shape index (κ3) is 5.14. The van der Waals surface area contributed by atoms with Crippen LogP contribution in [0.15, 0.2) is 60.7 Å². The second kappa shape index (κ2) is 8.82. The maximum absolute atomic E-state index is 13.6. The fourth-order valence-corrected chi connectivity index (χ4v) is 3.34. The summed E-state index contributed by atoms with van der Waals surface area (Å²) in [7, 11) is 0. The topological polar surface area (TPSA) is 49.4 Å². The second-order valence-electron chi connectivity index (χ2n) is 7.68. The van der Waals surface area contributed by atoms with Gasteiger partial charge >= 0.3 is 0 Å². The highest BCUT2D eigenvalue weighted by atomic mass is 19.1. The molecule has 4 nitrogen and oxygen atoms in total.